The lowest BCUT2D eigenvalue weighted by atomic mass is 9.88. The minimum atomic E-state index is -0.770. The molecule has 0 amide bonds. The van der Waals surface area contributed by atoms with E-state index in [4.69, 9.17) is 0 Å². The van der Waals surface area contributed by atoms with Gasteiger partial charge in [0, 0.05) is 31.3 Å². The lowest BCUT2D eigenvalue weighted by Gasteiger charge is -2.41. The third kappa shape index (κ3) is 2.99. The number of nitrogens with one attached hydrogen (secondary N) is 1. The summed E-state index contributed by atoms with van der Waals surface area (Å²) in [5.74, 6) is -0.832. The van der Waals surface area contributed by atoms with E-state index in [1.807, 2.05) is 0 Å². The van der Waals surface area contributed by atoms with Gasteiger partial charge in [0.2, 0.25) is 0 Å². The lowest BCUT2D eigenvalue weighted by molar-refractivity contribution is 0.347. The molecular weight excluding hydrogens is 270 g/mol. The first-order valence-corrected chi connectivity index (χ1v) is 8.18. The van der Waals surface area contributed by atoms with Gasteiger partial charge in [0.15, 0.2) is 11.6 Å². The van der Waals surface area contributed by atoms with Crippen LogP contribution in [0, 0.1) is 17.6 Å². The van der Waals surface area contributed by atoms with E-state index in [9.17, 15) is 8.78 Å². The summed E-state index contributed by atoms with van der Waals surface area (Å²) >= 11 is 0. The number of rotatable bonds is 3. The summed E-state index contributed by atoms with van der Waals surface area (Å²) in [6, 6.07) is 3.02. The maximum atomic E-state index is 13.7. The molecule has 1 aromatic carbocycles. The van der Waals surface area contributed by atoms with Crippen molar-refractivity contribution in [1.82, 2.24) is 0 Å². The smallest absolute Gasteiger partial charge is 0.161 e. The second-order valence-corrected chi connectivity index (χ2v) is 6.38. The minimum Gasteiger partial charge on any atom is -0.381 e. The third-order valence-electron chi connectivity index (χ3n) is 4.97. The summed E-state index contributed by atoms with van der Waals surface area (Å²) < 4.78 is 27.1. The Hall–Kier alpha value is -1.32. The van der Waals surface area contributed by atoms with Gasteiger partial charge in [-0.1, -0.05) is 26.2 Å². The fourth-order valence-electron chi connectivity index (χ4n) is 3.71. The number of benzene rings is 1. The van der Waals surface area contributed by atoms with Crippen LogP contribution in [0.25, 0.3) is 0 Å². The first-order valence-electron chi connectivity index (χ1n) is 8.18. The zero-order valence-electron chi connectivity index (χ0n) is 12.7. The molecule has 0 spiro atoms. The summed E-state index contributed by atoms with van der Waals surface area (Å²) in [4.78, 5) is 2.31. The summed E-state index contributed by atoms with van der Waals surface area (Å²) in [5, 5.41) is 3.25. The Morgan fingerprint density at radius 2 is 1.86 bits per heavy atom. The standard InChI is InChI=1S/C17H24F2N2/c1-2-13-10-20-16-8-14(18)15(19)9-17(16)21(13)11-12-6-4-3-5-7-12/h8-9,12-13,20H,2-7,10-11H2,1H3. The first kappa shape index (κ1) is 14.6. The summed E-state index contributed by atoms with van der Waals surface area (Å²) in [7, 11) is 0. The monoisotopic (exact) mass is 294 g/mol. The Bertz CT molecular complexity index is 498. The lowest BCUT2D eigenvalue weighted by Crippen LogP contribution is -2.46. The highest BCUT2D eigenvalue weighted by Gasteiger charge is 2.28. The molecule has 4 heteroatoms. The Kier molecular flexibility index (Phi) is 4.32. The van der Waals surface area contributed by atoms with E-state index in [0.29, 0.717) is 12.0 Å². The summed E-state index contributed by atoms with van der Waals surface area (Å²) in [6.07, 6.45) is 7.49. The van der Waals surface area contributed by atoms with Crippen LogP contribution in [-0.4, -0.2) is 19.1 Å². The molecule has 0 saturated heterocycles. The SMILES string of the molecule is CCC1CNc2cc(F)c(F)cc2N1CC1CCCCC1. The first-order chi connectivity index (χ1) is 10.2. The number of hydrogen-bond acceptors (Lipinski definition) is 2. The van der Waals surface area contributed by atoms with Crippen molar-refractivity contribution in [3.05, 3.63) is 23.8 Å². The van der Waals surface area contributed by atoms with Crippen LogP contribution in [-0.2, 0) is 0 Å². The van der Waals surface area contributed by atoms with Crippen LogP contribution in [0.5, 0.6) is 0 Å². The van der Waals surface area contributed by atoms with Gasteiger partial charge in [0.1, 0.15) is 0 Å². The van der Waals surface area contributed by atoms with Crippen molar-refractivity contribution < 1.29 is 8.78 Å². The van der Waals surface area contributed by atoms with E-state index in [2.05, 4.69) is 17.1 Å². The zero-order valence-corrected chi connectivity index (χ0v) is 12.7. The summed E-state index contributed by atoms with van der Waals surface area (Å²) in [6.45, 7) is 3.94. The molecule has 3 rings (SSSR count). The van der Waals surface area contributed by atoms with E-state index in [0.717, 1.165) is 30.9 Å². The van der Waals surface area contributed by atoms with Gasteiger partial charge in [0.25, 0.3) is 0 Å². The molecule has 2 aliphatic rings. The molecule has 1 N–H and O–H groups in total. The van der Waals surface area contributed by atoms with E-state index < -0.39 is 11.6 Å². The number of nitrogens with zero attached hydrogens (tertiary/aromatic N) is 1. The van der Waals surface area contributed by atoms with Crippen LogP contribution in [0.1, 0.15) is 45.4 Å². The van der Waals surface area contributed by atoms with Crippen LogP contribution in [0.4, 0.5) is 20.2 Å². The highest BCUT2D eigenvalue weighted by atomic mass is 19.2. The molecule has 1 heterocycles. The van der Waals surface area contributed by atoms with Crippen LogP contribution in [0.2, 0.25) is 0 Å². The molecular formula is C17H24F2N2. The van der Waals surface area contributed by atoms with Crippen molar-refractivity contribution in [1.29, 1.82) is 0 Å². The summed E-state index contributed by atoms with van der Waals surface area (Å²) in [5.41, 5.74) is 1.56. The second-order valence-electron chi connectivity index (χ2n) is 6.38. The van der Waals surface area contributed by atoms with E-state index >= 15 is 0 Å². The van der Waals surface area contributed by atoms with Crippen molar-refractivity contribution in [3.8, 4) is 0 Å². The molecule has 2 nitrogen and oxygen atoms in total. The molecule has 116 valence electrons. The van der Waals surface area contributed by atoms with Gasteiger partial charge < -0.3 is 10.2 Å². The molecule has 0 bridgehead atoms. The molecule has 0 radical (unpaired) electrons. The maximum Gasteiger partial charge on any atom is 0.161 e. The van der Waals surface area contributed by atoms with Crippen molar-refractivity contribution >= 4 is 11.4 Å². The van der Waals surface area contributed by atoms with Crippen molar-refractivity contribution in [2.24, 2.45) is 5.92 Å². The van der Waals surface area contributed by atoms with Crippen LogP contribution < -0.4 is 10.2 Å². The van der Waals surface area contributed by atoms with Gasteiger partial charge in [-0.15, -0.1) is 0 Å². The van der Waals surface area contributed by atoms with Gasteiger partial charge in [0.05, 0.1) is 11.4 Å². The van der Waals surface area contributed by atoms with Gasteiger partial charge in [-0.25, -0.2) is 8.78 Å². The highest BCUT2D eigenvalue weighted by molar-refractivity contribution is 5.73. The highest BCUT2D eigenvalue weighted by Crippen LogP contribution is 2.36. The third-order valence-corrected chi connectivity index (χ3v) is 4.97. The topological polar surface area (TPSA) is 15.3 Å². The zero-order chi connectivity index (χ0) is 14.8. The van der Waals surface area contributed by atoms with Crippen LogP contribution in [0.15, 0.2) is 12.1 Å². The number of fused-ring (bicyclic) bond motifs is 1. The van der Waals surface area contributed by atoms with E-state index in [1.54, 1.807) is 0 Å². The minimum absolute atomic E-state index is 0.365. The van der Waals surface area contributed by atoms with Crippen molar-refractivity contribution in [2.75, 3.05) is 23.3 Å². The fourth-order valence-corrected chi connectivity index (χ4v) is 3.71. The van der Waals surface area contributed by atoms with E-state index in [1.165, 1.54) is 44.2 Å². The Labute approximate surface area is 125 Å². The number of halogens is 2. The molecule has 1 aliphatic carbocycles. The average Bonchev–Trinajstić information content (AvgIpc) is 2.50. The predicted molar refractivity (Wildman–Crippen MR) is 82.8 cm³/mol. The molecule has 1 aliphatic heterocycles. The predicted octanol–water partition coefficient (Wildman–Crippen LogP) is 4.56. The maximum absolute atomic E-state index is 13.7. The van der Waals surface area contributed by atoms with Crippen molar-refractivity contribution in [2.45, 2.75) is 51.5 Å². The second kappa shape index (κ2) is 6.20. The Morgan fingerprint density at radius 1 is 1.14 bits per heavy atom. The van der Waals surface area contributed by atoms with Gasteiger partial charge in [-0.2, -0.15) is 0 Å². The molecule has 1 unspecified atom stereocenters. The Balaban J connectivity index is 1.87. The fraction of sp³-hybridized carbons (Fsp3) is 0.647. The molecule has 21 heavy (non-hydrogen) atoms. The molecule has 1 fully saturated rings. The Morgan fingerprint density at radius 3 is 2.57 bits per heavy atom. The van der Waals surface area contributed by atoms with E-state index in [-0.39, 0.29) is 0 Å². The average molecular weight is 294 g/mol. The number of hydrogen-bond donors (Lipinski definition) is 1. The quantitative estimate of drug-likeness (QED) is 0.879. The van der Waals surface area contributed by atoms with Crippen LogP contribution in [0.3, 0.4) is 0 Å². The van der Waals surface area contributed by atoms with Crippen LogP contribution >= 0.6 is 0 Å². The molecule has 1 atom stereocenters. The largest absolute Gasteiger partial charge is 0.381 e. The van der Waals surface area contributed by atoms with Crippen molar-refractivity contribution in [3.63, 3.8) is 0 Å². The molecule has 0 aromatic heterocycles. The molecule has 1 saturated carbocycles. The van der Waals surface area contributed by atoms with Gasteiger partial charge >= 0.3 is 0 Å². The number of anilines is 2. The molecule has 1 aromatic rings. The normalized spacial score (nSPS) is 22.8. The van der Waals surface area contributed by atoms with Gasteiger partial charge in [-0.3, -0.25) is 0 Å². The van der Waals surface area contributed by atoms with Gasteiger partial charge in [-0.05, 0) is 25.2 Å².